The van der Waals surface area contributed by atoms with Crippen molar-refractivity contribution in [2.24, 2.45) is 5.92 Å². The molecule has 4 rings (SSSR count). The SMILES string of the molecule is Cc1cc(C)c(CN2CCc3sc(CC4CCC(N(C)C)CC4)c(C)c3C2=O)c(=O)[nH]1. The monoisotopic (exact) mass is 441 g/mol. The summed E-state index contributed by atoms with van der Waals surface area (Å²) in [6, 6.07) is 2.70. The van der Waals surface area contributed by atoms with Crippen LogP contribution in [-0.2, 0) is 19.4 Å². The fraction of sp³-hybridized carbons (Fsp3) is 0.600. The molecule has 1 fully saturated rings. The van der Waals surface area contributed by atoms with Crippen LogP contribution in [0.25, 0.3) is 0 Å². The number of aromatic amines is 1. The second-order valence-corrected chi connectivity index (χ2v) is 10.9. The third-order valence-corrected chi connectivity index (χ3v) is 8.67. The molecule has 1 aliphatic carbocycles. The predicted octanol–water partition coefficient (Wildman–Crippen LogP) is 4.22. The smallest absolute Gasteiger partial charge is 0.255 e. The Morgan fingerprint density at radius 3 is 2.48 bits per heavy atom. The Morgan fingerprint density at radius 2 is 1.84 bits per heavy atom. The summed E-state index contributed by atoms with van der Waals surface area (Å²) in [5.41, 5.74) is 4.53. The van der Waals surface area contributed by atoms with Crippen molar-refractivity contribution in [1.82, 2.24) is 14.8 Å². The van der Waals surface area contributed by atoms with Gasteiger partial charge in [0.25, 0.3) is 11.5 Å². The largest absolute Gasteiger partial charge is 0.334 e. The predicted molar refractivity (Wildman–Crippen MR) is 127 cm³/mol. The lowest BCUT2D eigenvalue weighted by atomic mass is 9.83. The third kappa shape index (κ3) is 4.51. The van der Waals surface area contributed by atoms with Gasteiger partial charge in [-0.05, 0) is 90.1 Å². The molecule has 0 spiro atoms. The molecule has 2 aromatic heterocycles. The highest BCUT2D eigenvalue weighted by Crippen LogP contribution is 2.37. The fourth-order valence-corrected chi connectivity index (χ4v) is 6.73. The fourth-order valence-electron chi connectivity index (χ4n) is 5.32. The molecule has 5 nitrogen and oxygen atoms in total. The Balaban J connectivity index is 1.49. The van der Waals surface area contributed by atoms with Gasteiger partial charge in [-0.15, -0.1) is 11.3 Å². The van der Waals surface area contributed by atoms with Gasteiger partial charge < -0.3 is 14.8 Å². The topological polar surface area (TPSA) is 56.4 Å². The minimum Gasteiger partial charge on any atom is -0.334 e. The lowest BCUT2D eigenvalue weighted by molar-refractivity contribution is 0.0727. The zero-order valence-electron chi connectivity index (χ0n) is 19.5. The van der Waals surface area contributed by atoms with E-state index in [1.807, 2.05) is 36.2 Å². The summed E-state index contributed by atoms with van der Waals surface area (Å²) in [5, 5.41) is 0. The van der Waals surface area contributed by atoms with Crippen molar-refractivity contribution in [2.75, 3.05) is 20.6 Å². The molecular weight excluding hydrogens is 406 g/mol. The Hall–Kier alpha value is -1.92. The second-order valence-electron chi connectivity index (χ2n) is 9.71. The maximum Gasteiger partial charge on any atom is 0.255 e. The first-order chi connectivity index (χ1) is 14.7. The van der Waals surface area contributed by atoms with Gasteiger partial charge in [-0.2, -0.15) is 0 Å². The summed E-state index contributed by atoms with van der Waals surface area (Å²) < 4.78 is 0. The summed E-state index contributed by atoms with van der Waals surface area (Å²) in [5.74, 6) is 0.826. The van der Waals surface area contributed by atoms with Gasteiger partial charge in [0.2, 0.25) is 0 Å². The van der Waals surface area contributed by atoms with Crippen molar-refractivity contribution in [2.45, 2.75) is 71.9 Å². The van der Waals surface area contributed by atoms with Gasteiger partial charge in [-0.1, -0.05) is 0 Å². The summed E-state index contributed by atoms with van der Waals surface area (Å²) in [6.45, 7) is 7.04. The molecule has 0 bridgehead atoms. The molecule has 0 atom stereocenters. The highest BCUT2D eigenvalue weighted by Gasteiger charge is 2.31. The zero-order valence-corrected chi connectivity index (χ0v) is 20.3. The molecule has 0 radical (unpaired) electrons. The average Bonchev–Trinajstić information content (AvgIpc) is 3.02. The summed E-state index contributed by atoms with van der Waals surface area (Å²) >= 11 is 1.86. The van der Waals surface area contributed by atoms with Gasteiger partial charge in [-0.3, -0.25) is 9.59 Å². The number of aromatic nitrogens is 1. The number of hydrogen-bond acceptors (Lipinski definition) is 4. The van der Waals surface area contributed by atoms with Crippen LogP contribution in [0, 0.1) is 26.7 Å². The van der Waals surface area contributed by atoms with E-state index in [0.29, 0.717) is 18.7 Å². The molecule has 0 unspecified atom stereocenters. The summed E-state index contributed by atoms with van der Waals surface area (Å²) in [7, 11) is 4.37. The number of aryl methyl sites for hydroxylation is 2. The lowest BCUT2D eigenvalue weighted by Gasteiger charge is -2.32. The number of thiophene rings is 1. The van der Waals surface area contributed by atoms with Gasteiger partial charge in [0.1, 0.15) is 0 Å². The van der Waals surface area contributed by atoms with E-state index in [1.165, 1.54) is 41.0 Å². The molecule has 3 heterocycles. The van der Waals surface area contributed by atoms with Crippen molar-refractivity contribution in [1.29, 1.82) is 0 Å². The Bertz CT molecular complexity index is 1030. The number of pyridine rings is 1. The van der Waals surface area contributed by atoms with Crippen LogP contribution in [0.5, 0.6) is 0 Å². The molecule has 6 heteroatoms. The van der Waals surface area contributed by atoms with Crippen LogP contribution in [0.4, 0.5) is 0 Å². The minimum absolute atomic E-state index is 0.0767. The van der Waals surface area contributed by atoms with E-state index >= 15 is 0 Å². The lowest BCUT2D eigenvalue weighted by Crippen LogP contribution is -2.38. The summed E-state index contributed by atoms with van der Waals surface area (Å²) in [4.78, 5) is 35.6. The van der Waals surface area contributed by atoms with Crippen molar-refractivity contribution in [3.63, 3.8) is 0 Å². The average molecular weight is 442 g/mol. The molecule has 0 aromatic carbocycles. The van der Waals surface area contributed by atoms with Crippen LogP contribution in [0.3, 0.4) is 0 Å². The molecule has 1 N–H and O–H groups in total. The van der Waals surface area contributed by atoms with Gasteiger partial charge in [0.15, 0.2) is 0 Å². The van der Waals surface area contributed by atoms with Crippen molar-refractivity contribution < 1.29 is 4.79 Å². The maximum absolute atomic E-state index is 13.4. The second kappa shape index (κ2) is 8.91. The zero-order chi connectivity index (χ0) is 22.3. The highest BCUT2D eigenvalue weighted by molar-refractivity contribution is 7.12. The van der Waals surface area contributed by atoms with Crippen LogP contribution in [-0.4, -0.2) is 47.4 Å². The van der Waals surface area contributed by atoms with Crippen molar-refractivity contribution in [3.8, 4) is 0 Å². The number of hydrogen-bond donors (Lipinski definition) is 1. The van der Waals surface area contributed by atoms with Gasteiger partial charge in [-0.25, -0.2) is 0 Å². The van der Waals surface area contributed by atoms with Gasteiger partial charge in [0, 0.05) is 40.0 Å². The maximum atomic E-state index is 13.4. The quantitative estimate of drug-likeness (QED) is 0.756. The first-order valence-corrected chi connectivity index (χ1v) is 12.3. The molecule has 168 valence electrons. The van der Waals surface area contributed by atoms with Crippen molar-refractivity contribution >= 4 is 17.2 Å². The first-order valence-electron chi connectivity index (χ1n) is 11.5. The van der Waals surface area contributed by atoms with E-state index < -0.39 is 0 Å². The first kappa shape index (κ1) is 22.3. The molecule has 2 aromatic rings. The van der Waals surface area contributed by atoms with E-state index in [4.69, 9.17) is 0 Å². The number of fused-ring (bicyclic) bond motifs is 1. The number of carbonyl (C=O) groups excluding carboxylic acids is 1. The summed E-state index contributed by atoms with van der Waals surface area (Å²) in [6.07, 6.45) is 7.11. The molecule has 2 aliphatic rings. The Morgan fingerprint density at radius 1 is 1.13 bits per heavy atom. The van der Waals surface area contributed by atoms with E-state index in [-0.39, 0.29) is 11.5 Å². The highest BCUT2D eigenvalue weighted by atomic mass is 32.1. The third-order valence-electron chi connectivity index (χ3n) is 7.29. The number of H-pyrrole nitrogens is 1. The number of amides is 1. The Labute approximate surface area is 189 Å². The normalized spacial score (nSPS) is 21.6. The number of carbonyl (C=O) groups is 1. The Kier molecular flexibility index (Phi) is 6.40. The van der Waals surface area contributed by atoms with Crippen LogP contribution < -0.4 is 5.56 Å². The minimum atomic E-state index is -0.0767. The van der Waals surface area contributed by atoms with Gasteiger partial charge >= 0.3 is 0 Å². The molecule has 1 amide bonds. The molecule has 31 heavy (non-hydrogen) atoms. The van der Waals surface area contributed by atoms with Gasteiger partial charge in [0.05, 0.1) is 12.1 Å². The van der Waals surface area contributed by atoms with E-state index in [1.54, 1.807) is 0 Å². The van der Waals surface area contributed by atoms with Crippen LogP contribution >= 0.6 is 11.3 Å². The van der Waals surface area contributed by atoms with E-state index in [0.717, 1.165) is 41.6 Å². The number of nitrogens with one attached hydrogen (secondary N) is 1. The molecular formula is C25H35N3O2S. The molecule has 0 saturated heterocycles. The number of rotatable bonds is 5. The number of nitrogens with zero attached hydrogens (tertiary/aromatic N) is 2. The van der Waals surface area contributed by atoms with Crippen LogP contribution in [0.1, 0.15) is 68.2 Å². The molecule has 1 aliphatic heterocycles. The van der Waals surface area contributed by atoms with Crippen LogP contribution in [0.15, 0.2) is 10.9 Å². The van der Waals surface area contributed by atoms with Crippen LogP contribution in [0.2, 0.25) is 0 Å². The van der Waals surface area contributed by atoms with E-state index in [2.05, 4.69) is 30.9 Å². The standard InChI is InChI=1S/C25H35N3O2S/c1-15-12-16(2)26-24(29)20(15)14-28-11-10-21-23(25(28)30)17(3)22(31-21)13-18-6-8-19(9-7-18)27(4)5/h12,18-19H,6-11,13-14H2,1-5H3,(H,26,29). The van der Waals surface area contributed by atoms with E-state index in [9.17, 15) is 9.59 Å². The molecule has 1 saturated carbocycles. The van der Waals surface area contributed by atoms with Crippen molar-refractivity contribution in [3.05, 3.63) is 54.1 Å².